The maximum absolute atomic E-state index is 12.2. The second-order valence-corrected chi connectivity index (χ2v) is 8.45. The summed E-state index contributed by atoms with van der Waals surface area (Å²) in [6.07, 6.45) is 7.26. The average Bonchev–Trinajstić information content (AvgIpc) is 2.67. The minimum atomic E-state index is -0.245. The molecule has 0 saturated heterocycles. The van der Waals surface area contributed by atoms with E-state index >= 15 is 0 Å². The smallest absolute Gasteiger partial charge is 0.221 e. The van der Waals surface area contributed by atoms with Crippen LogP contribution in [0.3, 0.4) is 0 Å². The number of nitrogens with zero attached hydrogens (tertiary/aromatic N) is 1. The summed E-state index contributed by atoms with van der Waals surface area (Å²) in [6, 6.07) is 8.60. The second-order valence-electron chi connectivity index (χ2n) is 8.45. The number of guanidine groups is 1. The number of ether oxygens (including phenoxy) is 1. The van der Waals surface area contributed by atoms with Crippen LogP contribution in [0.4, 0.5) is 0 Å². The van der Waals surface area contributed by atoms with Gasteiger partial charge in [-0.25, -0.2) is 0 Å². The van der Waals surface area contributed by atoms with E-state index in [0.717, 1.165) is 30.6 Å². The van der Waals surface area contributed by atoms with Crippen LogP contribution < -0.4 is 20.7 Å². The fraction of sp³-hybridized carbons (Fsp3) is 0.636. The molecule has 1 aliphatic heterocycles. The quantitative estimate of drug-likeness (QED) is 0.536. The van der Waals surface area contributed by atoms with E-state index in [0.29, 0.717) is 25.0 Å². The summed E-state index contributed by atoms with van der Waals surface area (Å²) in [5.41, 5.74) is 0.893. The van der Waals surface area contributed by atoms with Crippen LogP contribution >= 0.6 is 0 Å². The maximum atomic E-state index is 12.2. The second kappa shape index (κ2) is 9.30. The van der Waals surface area contributed by atoms with Gasteiger partial charge in [-0.15, -0.1) is 0 Å². The fourth-order valence-corrected chi connectivity index (χ4v) is 4.13. The predicted octanol–water partition coefficient (Wildman–Crippen LogP) is 3.29. The molecule has 1 fully saturated rings. The van der Waals surface area contributed by atoms with E-state index in [9.17, 15) is 4.79 Å². The van der Waals surface area contributed by atoms with Crippen LogP contribution in [-0.4, -0.2) is 37.1 Å². The normalized spacial score (nSPS) is 22.0. The number of carbonyl (C=O) groups is 1. The molecule has 3 N–H and O–H groups in total. The summed E-state index contributed by atoms with van der Waals surface area (Å²) in [7, 11) is 1.76. The number of aliphatic imine (C=N–C) groups is 1. The third-order valence-corrected chi connectivity index (χ3v) is 5.53. The first kappa shape index (κ1) is 20.5. The van der Waals surface area contributed by atoms with Crippen molar-refractivity contribution in [1.82, 2.24) is 16.0 Å². The minimum Gasteiger partial charge on any atom is -0.487 e. The molecule has 1 atom stereocenters. The Kier molecular flexibility index (Phi) is 6.81. The lowest BCUT2D eigenvalue weighted by atomic mass is 9.90. The lowest BCUT2D eigenvalue weighted by molar-refractivity contribution is -0.121. The van der Waals surface area contributed by atoms with Crippen molar-refractivity contribution in [3.8, 4) is 5.75 Å². The Morgan fingerprint density at radius 1 is 1.18 bits per heavy atom. The Balaban J connectivity index is 1.50. The molecule has 6 heteroatoms. The van der Waals surface area contributed by atoms with Crippen molar-refractivity contribution in [3.63, 3.8) is 0 Å². The number of benzene rings is 1. The van der Waals surface area contributed by atoms with Crippen LogP contribution in [0.5, 0.6) is 5.75 Å². The zero-order valence-corrected chi connectivity index (χ0v) is 17.4. The van der Waals surface area contributed by atoms with Crippen molar-refractivity contribution in [2.45, 2.75) is 76.5 Å². The van der Waals surface area contributed by atoms with Gasteiger partial charge in [0, 0.05) is 38.0 Å². The van der Waals surface area contributed by atoms with Crippen molar-refractivity contribution in [1.29, 1.82) is 0 Å². The lowest BCUT2D eigenvalue weighted by Crippen LogP contribution is -2.46. The highest BCUT2D eigenvalue weighted by Gasteiger charge is 2.33. The Hall–Kier alpha value is -2.24. The molecular weight excluding hydrogens is 352 g/mol. The average molecular weight is 387 g/mol. The van der Waals surface area contributed by atoms with Gasteiger partial charge in [-0.2, -0.15) is 0 Å². The van der Waals surface area contributed by atoms with Crippen molar-refractivity contribution in [3.05, 3.63) is 29.8 Å². The third-order valence-electron chi connectivity index (χ3n) is 5.53. The van der Waals surface area contributed by atoms with E-state index in [1.54, 1.807) is 7.05 Å². The summed E-state index contributed by atoms with van der Waals surface area (Å²) < 4.78 is 6.10. The van der Waals surface area contributed by atoms with Crippen LogP contribution in [-0.2, 0) is 4.79 Å². The lowest BCUT2D eigenvalue weighted by Gasteiger charge is -2.38. The number of amides is 1. The van der Waals surface area contributed by atoms with Crippen LogP contribution in [0.1, 0.15) is 70.4 Å². The molecule has 1 unspecified atom stereocenters. The van der Waals surface area contributed by atoms with E-state index in [4.69, 9.17) is 4.74 Å². The van der Waals surface area contributed by atoms with Crippen molar-refractivity contribution >= 4 is 11.9 Å². The van der Waals surface area contributed by atoms with Crippen molar-refractivity contribution in [2.24, 2.45) is 4.99 Å². The number of rotatable bonds is 5. The van der Waals surface area contributed by atoms with Gasteiger partial charge in [0.1, 0.15) is 11.4 Å². The Morgan fingerprint density at radius 3 is 2.68 bits per heavy atom. The van der Waals surface area contributed by atoms with Crippen LogP contribution in [0, 0.1) is 0 Å². The highest BCUT2D eigenvalue weighted by molar-refractivity contribution is 5.81. The molecule has 1 aromatic carbocycles. The molecule has 154 valence electrons. The number of hydrogen-bond donors (Lipinski definition) is 3. The van der Waals surface area contributed by atoms with Gasteiger partial charge in [-0.1, -0.05) is 37.5 Å². The van der Waals surface area contributed by atoms with E-state index in [-0.39, 0.29) is 17.6 Å². The molecule has 1 aliphatic carbocycles. The first-order valence-electron chi connectivity index (χ1n) is 10.5. The highest BCUT2D eigenvalue weighted by Crippen LogP contribution is 2.39. The van der Waals surface area contributed by atoms with Gasteiger partial charge in [0.25, 0.3) is 0 Å². The van der Waals surface area contributed by atoms with E-state index in [2.05, 4.69) is 40.9 Å². The molecule has 0 spiro atoms. The summed E-state index contributed by atoms with van der Waals surface area (Å²) in [4.78, 5) is 16.5. The van der Waals surface area contributed by atoms with E-state index in [1.807, 2.05) is 18.2 Å². The standard InChI is InChI=1S/C22H34N4O2/c1-22(2)15-18(17-11-7-8-12-19(17)28-22)26-21(23-3)24-14-13-20(27)25-16-9-5-4-6-10-16/h7-8,11-12,16,18H,4-6,9-10,13-15H2,1-3H3,(H,25,27)(H2,23,24,26). The maximum Gasteiger partial charge on any atom is 0.221 e. The molecular formula is C22H34N4O2. The van der Waals surface area contributed by atoms with Gasteiger partial charge in [-0.3, -0.25) is 9.79 Å². The molecule has 0 bridgehead atoms. The predicted molar refractivity (Wildman–Crippen MR) is 113 cm³/mol. The number of para-hydroxylation sites is 1. The topological polar surface area (TPSA) is 74.8 Å². The first-order chi connectivity index (χ1) is 13.5. The molecule has 1 amide bonds. The minimum absolute atomic E-state index is 0.113. The van der Waals surface area contributed by atoms with Gasteiger partial charge in [0.05, 0.1) is 6.04 Å². The molecule has 0 radical (unpaired) electrons. The monoisotopic (exact) mass is 386 g/mol. The number of hydrogen-bond acceptors (Lipinski definition) is 3. The first-order valence-corrected chi connectivity index (χ1v) is 10.5. The summed E-state index contributed by atoms with van der Waals surface area (Å²) in [5, 5.41) is 9.94. The van der Waals surface area contributed by atoms with Crippen molar-refractivity contribution < 1.29 is 9.53 Å². The molecule has 1 saturated carbocycles. The molecule has 28 heavy (non-hydrogen) atoms. The Morgan fingerprint density at radius 2 is 1.93 bits per heavy atom. The number of carbonyl (C=O) groups excluding carboxylic acids is 1. The van der Waals surface area contributed by atoms with Gasteiger partial charge in [0.2, 0.25) is 5.91 Å². The van der Waals surface area contributed by atoms with Crippen LogP contribution in [0.15, 0.2) is 29.3 Å². The molecule has 0 aromatic heterocycles. The van der Waals surface area contributed by atoms with Crippen LogP contribution in [0.2, 0.25) is 0 Å². The Labute approximate surface area is 168 Å². The van der Waals surface area contributed by atoms with Crippen LogP contribution in [0.25, 0.3) is 0 Å². The molecule has 6 nitrogen and oxygen atoms in total. The highest BCUT2D eigenvalue weighted by atomic mass is 16.5. The SMILES string of the molecule is CN=C(NCCC(=O)NC1CCCCC1)NC1CC(C)(C)Oc2ccccc21. The van der Waals surface area contributed by atoms with Crippen molar-refractivity contribution in [2.75, 3.05) is 13.6 Å². The zero-order valence-electron chi connectivity index (χ0n) is 17.4. The van der Waals surface area contributed by atoms with Gasteiger partial charge < -0.3 is 20.7 Å². The van der Waals surface area contributed by atoms with Gasteiger partial charge in [-0.05, 0) is 32.8 Å². The zero-order chi connectivity index (χ0) is 20.0. The number of fused-ring (bicyclic) bond motifs is 1. The summed E-state index contributed by atoms with van der Waals surface area (Å²) in [6.45, 7) is 4.76. The summed E-state index contributed by atoms with van der Waals surface area (Å²) in [5.74, 6) is 1.74. The third kappa shape index (κ3) is 5.63. The molecule has 2 aliphatic rings. The largest absolute Gasteiger partial charge is 0.487 e. The molecule has 1 heterocycles. The van der Waals surface area contributed by atoms with Gasteiger partial charge >= 0.3 is 0 Å². The molecule has 1 aromatic rings. The molecule has 3 rings (SSSR count). The summed E-state index contributed by atoms with van der Waals surface area (Å²) >= 11 is 0. The Bertz CT molecular complexity index is 696. The van der Waals surface area contributed by atoms with E-state index in [1.165, 1.54) is 19.3 Å². The van der Waals surface area contributed by atoms with E-state index < -0.39 is 0 Å². The fourth-order valence-electron chi connectivity index (χ4n) is 4.13. The van der Waals surface area contributed by atoms with Gasteiger partial charge in [0.15, 0.2) is 5.96 Å². The number of nitrogens with one attached hydrogen (secondary N) is 3.